The Bertz CT molecular complexity index is 757. The molecule has 0 saturated carbocycles. The Kier molecular flexibility index (Phi) is 6.58. The molecule has 0 fully saturated rings. The van der Waals surface area contributed by atoms with Gasteiger partial charge in [0, 0.05) is 5.69 Å². The molecule has 0 unspecified atom stereocenters. The fraction of sp³-hybridized carbons (Fsp3) is 0.409. The van der Waals surface area contributed by atoms with Gasteiger partial charge in [-0.05, 0) is 81.0 Å². The molecule has 144 valence electrons. The van der Waals surface area contributed by atoms with Gasteiger partial charge in [0.15, 0.2) is 0 Å². The highest BCUT2D eigenvalue weighted by molar-refractivity contribution is 5.89. The first-order valence-electron chi connectivity index (χ1n) is 9.67. The SMILES string of the molecule is CC(C)Oc1ccc(NC(=O)NCCOc2cccc3c2CCCC3)cc1. The van der Waals surface area contributed by atoms with E-state index in [1.54, 1.807) is 0 Å². The molecule has 0 aromatic heterocycles. The molecule has 0 saturated heterocycles. The van der Waals surface area contributed by atoms with Crippen LogP contribution in [-0.2, 0) is 12.8 Å². The molecule has 0 heterocycles. The number of hydrogen-bond donors (Lipinski definition) is 2. The van der Waals surface area contributed by atoms with Crippen molar-refractivity contribution in [3.63, 3.8) is 0 Å². The van der Waals surface area contributed by atoms with Gasteiger partial charge in [0.1, 0.15) is 18.1 Å². The second-order valence-electron chi connectivity index (χ2n) is 7.02. The average Bonchev–Trinajstić information content (AvgIpc) is 2.66. The van der Waals surface area contributed by atoms with Gasteiger partial charge >= 0.3 is 6.03 Å². The van der Waals surface area contributed by atoms with E-state index >= 15 is 0 Å². The number of amides is 2. The smallest absolute Gasteiger partial charge is 0.319 e. The predicted molar refractivity (Wildman–Crippen MR) is 108 cm³/mol. The largest absolute Gasteiger partial charge is 0.491 e. The Morgan fingerprint density at radius 2 is 1.85 bits per heavy atom. The van der Waals surface area contributed by atoms with Gasteiger partial charge in [-0.2, -0.15) is 0 Å². The number of hydrogen-bond acceptors (Lipinski definition) is 3. The lowest BCUT2D eigenvalue weighted by atomic mass is 9.91. The minimum atomic E-state index is -0.244. The molecule has 5 heteroatoms. The molecule has 0 atom stereocenters. The number of aryl methyl sites for hydroxylation is 1. The molecule has 2 aromatic rings. The third-order valence-electron chi connectivity index (χ3n) is 4.48. The van der Waals surface area contributed by atoms with Crippen LogP contribution in [0.5, 0.6) is 11.5 Å². The van der Waals surface area contributed by atoms with E-state index in [2.05, 4.69) is 16.7 Å². The van der Waals surface area contributed by atoms with Crippen LogP contribution in [-0.4, -0.2) is 25.3 Å². The Labute approximate surface area is 161 Å². The molecule has 2 aromatic carbocycles. The highest BCUT2D eigenvalue weighted by Gasteiger charge is 2.13. The van der Waals surface area contributed by atoms with Crippen molar-refractivity contribution in [1.29, 1.82) is 0 Å². The lowest BCUT2D eigenvalue weighted by Crippen LogP contribution is -2.32. The summed E-state index contributed by atoms with van der Waals surface area (Å²) in [6.45, 7) is 4.86. The molecule has 2 amide bonds. The van der Waals surface area contributed by atoms with Crippen molar-refractivity contribution in [2.24, 2.45) is 0 Å². The van der Waals surface area contributed by atoms with E-state index in [1.165, 1.54) is 24.0 Å². The fourth-order valence-electron chi connectivity index (χ4n) is 3.27. The maximum atomic E-state index is 12.0. The van der Waals surface area contributed by atoms with Crippen molar-refractivity contribution in [1.82, 2.24) is 5.32 Å². The number of benzene rings is 2. The number of rotatable bonds is 7. The molecule has 1 aliphatic carbocycles. The highest BCUT2D eigenvalue weighted by atomic mass is 16.5. The quantitative estimate of drug-likeness (QED) is 0.705. The zero-order valence-corrected chi connectivity index (χ0v) is 16.1. The minimum Gasteiger partial charge on any atom is -0.491 e. The summed E-state index contributed by atoms with van der Waals surface area (Å²) < 4.78 is 11.5. The minimum absolute atomic E-state index is 0.127. The Hall–Kier alpha value is -2.69. The highest BCUT2D eigenvalue weighted by Crippen LogP contribution is 2.29. The second kappa shape index (κ2) is 9.31. The van der Waals surface area contributed by atoms with Gasteiger partial charge in [-0.1, -0.05) is 12.1 Å². The first-order valence-corrected chi connectivity index (χ1v) is 9.67. The van der Waals surface area contributed by atoms with Gasteiger partial charge in [0.05, 0.1) is 12.6 Å². The van der Waals surface area contributed by atoms with Crippen LogP contribution < -0.4 is 20.1 Å². The van der Waals surface area contributed by atoms with E-state index < -0.39 is 0 Å². The lowest BCUT2D eigenvalue weighted by Gasteiger charge is -2.19. The van der Waals surface area contributed by atoms with Gasteiger partial charge in [0.25, 0.3) is 0 Å². The van der Waals surface area contributed by atoms with Crippen LogP contribution in [0.3, 0.4) is 0 Å². The van der Waals surface area contributed by atoms with Crippen molar-refractivity contribution in [2.45, 2.75) is 45.6 Å². The number of anilines is 1. The normalized spacial score (nSPS) is 13.0. The summed E-state index contributed by atoms with van der Waals surface area (Å²) in [5, 5.41) is 5.63. The first kappa shape index (κ1) is 19.1. The zero-order chi connectivity index (χ0) is 19.1. The Balaban J connectivity index is 1.41. The summed E-state index contributed by atoms with van der Waals surface area (Å²) in [7, 11) is 0. The van der Waals surface area contributed by atoms with Crippen LogP contribution in [0.4, 0.5) is 10.5 Å². The van der Waals surface area contributed by atoms with Crippen LogP contribution >= 0.6 is 0 Å². The molecule has 0 aliphatic heterocycles. The number of carbonyl (C=O) groups is 1. The molecule has 2 N–H and O–H groups in total. The van der Waals surface area contributed by atoms with E-state index in [1.807, 2.05) is 50.2 Å². The zero-order valence-electron chi connectivity index (χ0n) is 16.1. The summed E-state index contributed by atoms with van der Waals surface area (Å²) in [4.78, 5) is 12.0. The van der Waals surface area contributed by atoms with Crippen molar-refractivity contribution >= 4 is 11.7 Å². The van der Waals surface area contributed by atoms with Crippen molar-refractivity contribution in [2.75, 3.05) is 18.5 Å². The number of nitrogens with one attached hydrogen (secondary N) is 2. The second-order valence-corrected chi connectivity index (χ2v) is 7.02. The Morgan fingerprint density at radius 1 is 1.07 bits per heavy atom. The molecule has 27 heavy (non-hydrogen) atoms. The third kappa shape index (κ3) is 5.64. The summed E-state index contributed by atoms with van der Waals surface area (Å²) in [5.41, 5.74) is 3.45. The summed E-state index contributed by atoms with van der Waals surface area (Å²) in [5.74, 6) is 1.74. The number of urea groups is 1. The fourth-order valence-corrected chi connectivity index (χ4v) is 3.27. The van der Waals surface area contributed by atoms with E-state index in [9.17, 15) is 4.79 Å². The predicted octanol–water partition coefficient (Wildman–Crippen LogP) is 4.55. The van der Waals surface area contributed by atoms with Crippen LogP contribution in [0, 0.1) is 0 Å². The van der Waals surface area contributed by atoms with Gasteiger partial charge in [-0.25, -0.2) is 4.79 Å². The van der Waals surface area contributed by atoms with Crippen LogP contribution in [0.25, 0.3) is 0 Å². The molecule has 0 spiro atoms. The third-order valence-corrected chi connectivity index (χ3v) is 4.48. The van der Waals surface area contributed by atoms with Gasteiger partial charge in [-0.3, -0.25) is 0 Å². The number of fused-ring (bicyclic) bond motifs is 1. The van der Waals surface area contributed by atoms with Crippen molar-refractivity contribution in [3.8, 4) is 11.5 Å². The lowest BCUT2D eigenvalue weighted by molar-refractivity contribution is 0.242. The van der Waals surface area contributed by atoms with E-state index in [0.717, 1.165) is 30.0 Å². The van der Waals surface area contributed by atoms with E-state index in [0.29, 0.717) is 13.2 Å². The van der Waals surface area contributed by atoms with Crippen LogP contribution in [0.2, 0.25) is 0 Å². The van der Waals surface area contributed by atoms with Crippen LogP contribution in [0.1, 0.15) is 37.8 Å². The molecule has 3 rings (SSSR count). The first-order chi connectivity index (χ1) is 13.1. The standard InChI is InChI=1S/C22H28N2O3/c1-16(2)27-19-12-10-18(11-13-19)24-22(25)23-14-15-26-21-9-5-7-17-6-3-4-8-20(17)21/h5,7,9-13,16H,3-4,6,8,14-15H2,1-2H3,(H2,23,24,25). The van der Waals surface area contributed by atoms with Gasteiger partial charge < -0.3 is 20.1 Å². The number of ether oxygens (including phenoxy) is 2. The van der Waals surface area contributed by atoms with Gasteiger partial charge in [0.2, 0.25) is 0 Å². The van der Waals surface area contributed by atoms with Crippen molar-refractivity contribution < 1.29 is 14.3 Å². The summed E-state index contributed by atoms with van der Waals surface area (Å²) in [6.07, 6.45) is 4.81. The molecule has 5 nitrogen and oxygen atoms in total. The van der Waals surface area contributed by atoms with Crippen LogP contribution in [0.15, 0.2) is 42.5 Å². The average molecular weight is 368 g/mol. The van der Waals surface area contributed by atoms with E-state index in [-0.39, 0.29) is 12.1 Å². The molecular formula is C22H28N2O3. The maximum Gasteiger partial charge on any atom is 0.319 e. The topological polar surface area (TPSA) is 59.6 Å². The van der Waals surface area contributed by atoms with Gasteiger partial charge in [-0.15, -0.1) is 0 Å². The summed E-state index contributed by atoms with van der Waals surface area (Å²) >= 11 is 0. The monoisotopic (exact) mass is 368 g/mol. The Morgan fingerprint density at radius 3 is 2.63 bits per heavy atom. The van der Waals surface area contributed by atoms with Crippen molar-refractivity contribution in [3.05, 3.63) is 53.6 Å². The summed E-state index contributed by atoms with van der Waals surface area (Å²) in [6, 6.07) is 13.3. The van der Waals surface area contributed by atoms with E-state index in [4.69, 9.17) is 9.47 Å². The molecule has 1 aliphatic rings. The molecule has 0 radical (unpaired) electrons. The number of carbonyl (C=O) groups excluding carboxylic acids is 1. The molecular weight excluding hydrogens is 340 g/mol. The molecule has 0 bridgehead atoms. The maximum absolute atomic E-state index is 12.0.